The van der Waals surface area contributed by atoms with E-state index in [-0.39, 0.29) is 18.6 Å². The molecule has 0 aliphatic carbocycles. The summed E-state index contributed by atoms with van der Waals surface area (Å²) in [6.45, 7) is 0.349. The van der Waals surface area contributed by atoms with Crippen LogP contribution in [0.1, 0.15) is 17.2 Å². The topological polar surface area (TPSA) is 75.6 Å². The molecule has 2 aromatic rings. The van der Waals surface area contributed by atoms with Crippen molar-refractivity contribution in [2.45, 2.75) is 6.10 Å². The molecule has 0 radical (unpaired) electrons. The highest BCUT2D eigenvalue weighted by atomic mass is 16.5. The van der Waals surface area contributed by atoms with Crippen molar-refractivity contribution >= 4 is 6.08 Å². The maximum atomic E-state index is 10.1. The van der Waals surface area contributed by atoms with Crippen molar-refractivity contribution in [2.75, 3.05) is 48.8 Å². The first kappa shape index (κ1) is 21.8. The fourth-order valence-corrected chi connectivity index (χ4v) is 3.72. The molecule has 1 N–H and O–H groups in total. The number of hydrogen-bond acceptors (Lipinski definition) is 7. The molecule has 0 amide bonds. The first-order valence-electron chi connectivity index (χ1n) is 9.55. The molecule has 7 heteroatoms. The summed E-state index contributed by atoms with van der Waals surface area (Å²) in [5.41, 5.74) is 2.78. The first-order valence-corrected chi connectivity index (χ1v) is 9.55. The molecule has 1 aliphatic heterocycles. The maximum Gasteiger partial charge on any atom is 0.203 e. The predicted octanol–water partition coefficient (Wildman–Crippen LogP) is 3.49. The number of hydrogen-bond donors (Lipinski definition) is 1. The summed E-state index contributed by atoms with van der Waals surface area (Å²) in [5.74, 6) is 2.71. The normalized spacial score (nSPS) is 19.6. The number of methoxy groups -OCH3 is 5. The van der Waals surface area contributed by atoms with Gasteiger partial charge in [-0.3, -0.25) is 0 Å². The highest BCUT2D eigenvalue weighted by Gasteiger charge is 2.34. The lowest BCUT2D eigenvalue weighted by molar-refractivity contribution is 0.0717. The molecule has 1 aliphatic rings. The van der Waals surface area contributed by atoms with E-state index in [0.717, 1.165) is 16.7 Å². The average molecular weight is 416 g/mol. The molecule has 162 valence electrons. The van der Waals surface area contributed by atoms with Crippen molar-refractivity contribution < 1.29 is 33.5 Å². The van der Waals surface area contributed by atoms with Crippen molar-refractivity contribution in [1.29, 1.82) is 0 Å². The van der Waals surface area contributed by atoms with Crippen LogP contribution in [-0.2, 0) is 4.74 Å². The largest absolute Gasteiger partial charge is 0.493 e. The molecule has 1 saturated heterocycles. The second kappa shape index (κ2) is 9.73. The predicted molar refractivity (Wildman–Crippen MR) is 113 cm³/mol. The smallest absolute Gasteiger partial charge is 0.203 e. The standard InChI is InChI=1S/C23H28O7/c1-25-18-7-6-14(9-19(18)26-2)8-16-13-30-22(17(16)12-24)15-10-20(27-3)23(29-5)21(11-15)28-4/h6-11,17,22,24H,12-13H2,1-5H3/b16-8-/t17-,22+/m0/s1. The van der Waals surface area contributed by atoms with E-state index in [4.69, 9.17) is 28.4 Å². The van der Waals surface area contributed by atoms with Crippen molar-refractivity contribution in [3.63, 3.8) is 0 Å². The Balaban J connectivity index is 1.95. The van der Waals surface area contributed by atoms with E-state index in [2.05, 4.69) is 0 Å². The van der Waals surface area contributed by atoms with E-state index in [1.54, 1.807) is 35.5 Å². The molecule has 7 nitrogen and oxygen atoms in total. The van der Waals surface area contributed by atoms with E-state index < -0.39 is 0 Å². The molecule has 0 saturated carbocycles. The maximum absolute atomic E-state index is 10.1. The zero-order chi connectivity index (χ0) is 21.7. The summed E-state index contributed by atoms with van der Waals surface area (Å²) in [5, 5.41) is 10.1. The minimum atomic E-state index is -0.338. The Morgan fingerprint density at radius 2 is 1.50 bits per heavy atom. The Bertz CT molecular complexity index is 881. The van der Waals surface area contributed by atoms with Crippen LogP contribution in [0, 0.1) is 5.92 Å². The highest BCUT2D eigenvalue weighted by Crippen LogP contribution is 2.45. The fourth-order valence-electron chi connectivity index (χ4n) is 3.72. The van der Waals surface area contributed by atoms with E-state index >= 15 is 0 Å². The van der Waals surface area contributed by atoms with Gasteiger partial charge in [0.05, 0.1) is 54.9 Å². The van der Waals surface area contributed by atoms with Crippen LogP contribution < -0.4 is 23.7 Å². The molecule has 1 fully saturated rings. The second-order valence-electron chi connectivity index (χ2n) is 6.81. The molecular weight excluding hydrogens is 388 g/mol. The minimum Gasteiger partial charge on any atom is -0.493 e. The van der Waals surface area contributed by atoms with Crippen LogP contribution in [0.5, 0.6) is 28.7 Å². The third kappa shape index (κ3) is 4.17. The van der Waals surface area contributed by atoms with Crippen LogP contribution in [0.15, 0.2) is 35.9 Å². The van der Waals surface area contributed by atoms with Crippen molar-refractivity contribution in [3.8, 4) is 28.7 Å². The Kier molecular flexibility index (Phi) is 7.07. The van der Waals surface area contributed by atoms with Crippen LogP contribution in [0.3, 0.4) is 0 Å². The average Bonchev–Trinajstić information content (AvgIpc) is 3.20. The van der Waals surface area contributed by atoms with Crippen molar-refractivity contribution in [2.24, 2.45) is 5.92 Å². The van der Waals surface area contributed by atoms with Gasteiger partial charge in [0.15, 0.2) is 23.0 Å². The SMILES string of the molecule is COc1ccc(/C=C2/CO[C@H](c3cc(OC)c(OC)c(OC)c3)[C@H]2CO)cc1OC. The summed E-state index contributed by atoms with van der Waals surface area (Å²) >= 11 is 0. The van der Waals surface area contributed by atoms with E-state index in [9.17, 15) is 5.11 Å². The molecule has 2 aromatic carbocycles. The van der Waals surface area contributed by atoms with E-state index in [1.165, 1.54) is 0 Å². The van der Waals surface area contributed by atoms with Gasteiger partial charge in [0.25, 0.3) is 0 Å². The second-order valence-corrected chi connectivity index (χ2v) is 6.81. The van der Waals surface area contributed by atoms with Gasteiger partial charge in [0.2, 0.25) is 5.75 Å². The van der Waals surface area contributed by atoms with Gasteiger partial charge >= 0.3 is 0 Å². The monoisotopic (exact) mass is 416 g/mol. The first-order chi connectivity index (χ1) is 14.6. The Labute approximate surface area is 176 Å². The van der Waals surface area contributed by atoms with Gasteiger partial charge in [-0.1, -0.05) is 12.1 Å². The molecule has 0 spiro atoms. The van der Waals surface area contributed by atoms with Crippen LogP contribution in [0.25, 0.3) is 6.08 Å². The number of rotatable bonds is 8. The van der Waals surface area contributed by atoms with Crippen LogP contribution >= 0.6 is 0 Å². The lowest BCUT2D eigenvalue weighted by atomic mass is 9.91. The van der Waals surface area contributed by atoms with Crippen LogP contribution in [-0.4, -0.2) is 53.9 Å². The highest BCUT2D eigenvalue weighted by molar-refractivity contribution is 5.60. The van der Waals surface area contributed by atoms with Crippen molar-refractivity contribution in [3.05, 3.63) is 47.0 Å². The third-order valence-corrected chi connectivity index (χ3v) is 5.24. The molecule has 0 bridgehead atoms. The number of aliphatic hydroxyl groups excluding tert-OH is 1. The molecule has 1 heterocycles. The summed E-state index contributed by atoms with van der Waals surface area (Å²) in [6, 6.07) is 9.40. The summed E-state index contributed by atoms with van der Waals surface area (Å²) < 4.78 is 33.0. The van der Waals surface area contributed by atoms with Gasteiger partial charge in [0.1, 0.15) is 0 Å². The number of benzene rings is 2. The Morgan fingerprint density at radius 3 is 2.03 bits per heavy atom. The quantitative estimate of drug-likeness (QED) is 0.706. The van der Waals surface area contributed by atoms with Gasteiger partial charge < -0.3 is 33.5 Å². The minimum absolute atomic E-state index is 0.0551. The summed E-state index contributed by atoms with van der Waals surface area (Å²) in [4.78, 5) is 0. The molecule has 0 unspecified atom stereocenters. The van der Waals surface area contributed by atoms with Crippen molar-refractivity contribution in [1.82, 2.24) is 0 Å². The van der Waals surface area contributed by atoms with E-state index in [1.807, 2.05) is 36.4 Å². The number of aliphatic hydroxyl groups is 1. The van der Waals surface area contributed by atoms with Gasteiger partial charge in [-0.05, 0) is 41.0 Å². The van der Waals surface area contributed by atoms with Gasteiger partial charge in [-0.2, -0.15) is 0 Å². The fraction of sp³-hybridized carbons (Fsp3) is 0.391. The van der Waals surface area contributed by atoms with E-state index in [0.29, 0.717) is 35.4 Å². The molecule has 3 rings (SSSR count). The molecule has 30 heavy (non-hydrogen) atoms. The summed E-state index contributed by atoms with van der Waals surface area (Å²) in [7, 11) is 7.91. The molecule has 2 atom stereocenters. The van der Waals surface area contributed by atoms with Crippen LogP contribution in [0.2, 0.25) is 0 Å². The lowest BCUT2D eigenvalue weighted by Gasteiger charge is -2.20. The molecule has 0 aromatic heterocycles. The van der Waals surface area contributed by atoms with Crippen LogP contribution in [0.4, 0.5) is 0 Å². The Morgan fingerprint density at radius 1 is 0.867 bits per heavy atom. The van der Waals surface area contributed by atoms with Gasteiger partial charge in [-0.15, -0.1) is 0 Å². The Hall–Kier alpha value is -2.90. The lowest BCUT2D eigenvalue weighted by Crippen LogP contribution is -2.13. The summed E-state index contributed by atoms with van der Waals surface area (Å²) in [6.07, 6.45) is 1.68. The van der Waals surface area contributed by atoms with Gasteiger partial charge in [-0.25, -0.2) is 0 Å². The number of ether oxygens (including phenoxy) is 6. The third-order valence-electron chi connectivity index (χ3n) is 5.24. The van der Waals surface area contributed by atoms with Gasteiger partial charge in [0, 0.05) is 5.92 Å². The zero-order valence-electron chi connectivity index (χ0n) is 17.9. The molecular formula is C23H28O7. The zero-order valence-corrected chi connectivity index (χ0v) is 17.9.